The molecule has 15 heavy (non-hydrogen) atoms. The van der Waals surface area contributed by atoms with Crippen LogP contribution in [-0.2, 0) is 6.42 Å². The highest BCUT2D eigenvalue weighted by molar-refractivity contribution is 5.39. The van der Waals surface area contributed by atoms with E-state index in [4.69, 9.17) is 0 Å². The Balaban J connectivity index is 2.56. The number of nitrogens with one attached hydrogen (secondary N) is 1. The second kappa shape index (κ2) is 6.14. The molecule has 0 fully saturated rings. The zero-order chi connectivity index (χ0) is 11.1. The second-order valence-electron chi connectivity index (χ2n) is 3.34. The number of rotatable bonds is 6. The van der Waals surface area contributed by atoms with Gasteiger partial charge in [-0.1, -0.05) is 25.1 Å². The topological polar surface area (TPSA) is 55.2 Å². The Morgan fingerprint density at radius 2 is 2.13 bits per heavy atom. The maximum Gasteiger partial charge on any atom is 0.272 e. The van der Waals surface area contributed by atoms with E-state index in [0.29, 0.717) is 0 Å². The van der Waals surface area contributed by atoms with E-state index in [1.54, 1.807) is 12.1 Å². The van der Waals surface area contributed by atoms with Gasteiger partial charge < -0.3 is 5.32 Å². The lowest BCUT2D eigenvalue weighted by atomic mass is 10.1. The van der Waals surface area contributed by atoms with E-state index in [2.05, 4.69) is 5.32 Å². The van der Waals surface area contributed by atoms with Crippen molar-refractivity contribution < 1.29 is 4.92 Å². The van der Waals surface area contributed by atoms with Crippen LogP contribution in [0.15, 0.2) is 24.3 Å². The van der Waals surface area contributed by atoms with Crippen LogP contribution in [0.3, 0.4) is 0 Å². The molecule has 0 amide bonds. The third-order valence-corrected chi connectivity index (χ3v) is 2.24. The molecule has 1 aromatic carbocycles. The summed E-state index contributed by atoms with van der Waals surface area (Å²) in [5.74, 6) is 0. The zero-order valence-electron chi connectivity index (χ0n) is 8.90. The molecule has 0 radical (unpaired) electrons. The number of nitro benzene ring substituents is 1. The van der Waals surface area contributed by atoms with Gasteiger partial charge in [0.15, 0.2) is 0 Å². The van der Waals surface area contributed by atoms with Gasteiger partial charge in [0, 0.05) is 11.6 Å². The normalized spacial score (nSPS) is 10.2. The van der Waals surface area contributed by atoms with Gasteiger partial charge in [-0.2, -0.15) is 0 Å². The molecule has 1 aromatic rings. The Kier molecular flexibility index (Phi) is 4.77. The molecule has 0 saturated carbocycles. The van der Waals surface area contributed by atoms with Gasteiger partial charge in [-0.3, -0.25) is 10.1 Å². The zero-order valence-corrected chi connectivity index (χ0v) is 8.90. The fraction of sp³-hybridized carbons (Fsp3) is 0.455. The number of hydrogen-bond donors (Lipinski definition) is 1. The molecule has 0 spiro atoms. The summed E-state index contributed by atoms with van der Waals surface area (Å²) in [6, 6.07) is 6.92. The number of nitrogens with zero attached hydrogens (tertiary/aromatic N) is 1. The van der Waals surface area contributed by atoms with Crippen LogP contribution in [0.2, 0.25) is 0 Å². The first-order valence-corrected chi connectivity index (χ1v) is 5.18. The van der Waals surface area contributed by atoms with Gasteiger partial charge in [-0.15, -0.1) is 0 Å². The summed E-state index contributed by atoms with van der Waals surface area (Å²) >= 11 is 0. The molecule has 0 bridgehead atoms. The Hall–Kier alpha value is -1.42. The van der Waals surface area contributed by atoms with Gasteiger partial charge >= 0.3 is 0 Å². The van der Waals surface area contributed by atoms with E-state index in [0.717, 1.165) is 31.5 Å². The molecule has 82 valence electrons. The Bertz CT molecular complexity index is 326. The molecule has 0 aromatic heterocycles. The van der Waals surface area contributed by atoms with Gasteiger partial charge in [0.2, 0.25) is 0 Å². The average molecular weight is 208 g/mol. The number of para-hydroxylation sites is 1. The number of benzene rings is 1. The van der Waals surface area contributed by atoms with E-state index in [1.165, 1.54) is 0 Å². The molecule has 0 aliphatic heterocycles. The third-order valence-electron chi connectivity index (χ3n) is 2.24. The molecule has 1 N–H and O–H groups in total. The first kappa shape index (κ1) is 11.7. The molecule has 0 aliphatic carbocycles. The highest BCUT2D eigenvalue weighted by Crippen LogP contribution is 2.18. The fourth-order valence-electron chi connectivity index (χ4n) is 1.48. The van der Waals surface area contributed by atoms with Crippen LogP contribution in [0.25, 0.3) is 0 Å². The van der Waals surface area contributed by atoms with E-state index in [1.807, 2.05) is 19.1 Å². The molecule has 0 atom stereocenters. The van der Waals surface area contributed by atoms with E-state index < -0.39 is 0 Å². The van der Waals surface area contributed by atoms with Gasteiger partial charge in [-0.25, -0.2) is 0 Å². The Morgan fingerprint density at radius 1 is 1.40 bits per heavy atom. The summed E-state index contributed by atoms with van der Waals surface area (Å²) in [7, 11) is 0. The Labute approximate surface area is 89.5 Å². The van der Waals surface area contributed by atoms with Crippen molar-refractivity contribution in [3.63, 3.8) is 0 Å². The minimum atomic E-state index is -0.317. The van der Waals surface area contributed by atoms with Crippen LogP contribution in [0, 0.1) is 10.1 Å². The lowest BCUT2D eigenvalue weighted by molar-refractivity contribution is -0.385. The molecule has 4 heteroatoms. The number of nitro groups is 1. The van der Waals surface area contributed by atoms with E-state index in [-0.39, 0.29) is 10.6 Å². The minimum absolute atomic E-state index is 0.231. The monoisotopic (exact) mass is 208 g/mol. The highest BCUT2D eigenvalue weighted by atomic mass is 16.6. The summed E-state index contributed by atoms with van der Waals surface area (Å²) in [6.07, 6.45) is 1.68. The van der Waals surface area contributed by atoms with Crippen molar-refractivity contribution >= 4 is 5.69 Å². The average Bonchev–Trinajstić information content (AvgIpc) is 2.25. The maximum absolute atomic E-state index is 10.7. The molecule has 0 aliphatic rings. The second-order valence-corrected chi connectivity index (χ2v) is 3.34. The quantitative estimate of drug-likeness (QED) is 0.442. The maximum atomic E-state index is 10.7. The molecule has 0 heterocycles. The minimum Gasteiger partial charge on any atom is -0.317 e. The van der Waals surface area contributed by atoms with Gasteiger partial charge in [-0.05, 0) is 25.9 Å². The van der Waals surface area contributed by atoms with Crippen molar-refractivity contribution in [3.8, 4) is 0 Å². The lowest BCUT2D eigenvalue weighted by Crippen LogP contribution is -2.14. The van der Waals surface area contributed by atoms with Crippen molar-refractivity contribution in [2.45, 2.75) is 19.8 Å². The molecular formula is C11H16N2O2. The van der Waals surface area contributed by atoms with E-state index >= 15 is 0 Å². The summed E-state index contributed by atoms with van der Waals surface area (Å²) in [6.45, 7) is 3.89. The SMILES string of the molecule is CCNCCCc1ccccc1[N+](=O)[O-]. The fourth-order valence-corrected chi connectivity index (χ4v) is 1.48. The van der Waals surface area contributed by atoms with Crippen LogP contribution in [-0.4, -0.2) is 18.0 Å². The van der Waals surface area contributed by atoms with Crippen molar-refractivity contribution in [1.82, 2.24) is 5.32 Å². The van der Waals surface area contributed by atoms with Crippen LogP contribution in [0.5, 0.6) is 0 Å². The van der Waals surface area contributed by atoms with Crippen molar-refractivity contribution in [1.29, 1.82) is 0 Å². The first-order chi connectivity index (χ1) is 7.25. The molecule has 4 nitrogen and oxygen atoms in total. The molecular weight excluding hydrogens is 192 g/mol. The molecule has 0 saturated heterocycles. The van der Waals surface area contributed by atoms with Gasteiger partial charge in [0.05, 0.1) is 4.92 Å². The number of aryl methyl sites for hydroxylation is 1. The van der Waals surface area contributed by atoms with Crippen LogP contribution in [0.1, 0.15) is 18.9 Å². The lowest BCUT2D eigenvalue weighted by Gasteiger charge is -2.03. The van der Waals surface area contributed by atoms with E-state index in [9.17, 15) is 10.1 Å². The highest BCUT2D eigenvalue weighted by Gasteiger charge is 2.10. The predicted octanol–water partition coefficient (Wildman–Crippen LogP) is 2.14. The van der Waals surface area contributed by atoms with Crippen molar-refractivity contribution in [2.75, 3.05) is 13.1 Å². The van der Waals surface area contributed by atoms with Crippen LogP contribution in [0.4, 0.5) is 5.69 Å². The van der Waals surface area contributed by atoms with Gasteiger partial charge in [0.1, 0.15) is 0 Å². The van der Waals surface area contributed by atoms with Crippen molar-refractivity contribution in [3.05, 3.63) is 39.9 Å². The summed E-state index contributed by atoms with van der Waals surface area (Å²) in [5.41, 5.74) is 1.05. The van der Waals surface area contributed by atoms with Crippen LogP contribution >= 0.6 is 0 Å². The Morgan fingerprint density at radius 3 is 2.80 bits per heavy atom. The van der Waals surface area contributed by atoms with Gasteiger partial charge in [0.25, 0.3) is 5.69 Å². The summed E-state index contributed by atoms with van der Waals surface area (Å²) < 4.78 is 0. The molecule has 1 rings (SSSR count). The van der Waals surface area contributed by atoms with Crippen LogP contribution < -0.4 is 5.32 Å². The first-order valence-electron chi connectivity index (χ1n) is 5.18. The third kappa shape index (κ3) is 3.67. The molecule has 0 unspecified atom stereocenters. The largest absolute Gasteiger partial charge is 0.317 e. The summed E-state index contributed by atoms with van der Waals surface area (Å²) in [5, 5.41) is 13.9. The predicted molar refractivity (Wildman–Crippen MR) is 60.0 cm³/mol. The number of hydrogen-bond acceptors (Lipinski definition) is 3. The summed E-state index contributed by atoms with van der Waals surface area (Å²) in [4.78, 5) is 10.4. The van der Waals surface area contributed by atoms with Crippen molar-refractivity contribution in [2.24, 2.45) is 0 Å². The smallest absolute Gasteiger partial charge is 0.272 e. The standard InChI is InChI=1S/C11H16N2O2/c1-2-12-9-5-7-10-6-3-4-8-11(10)13(14)15/h3-4,6,8,12H,2,5,7,9H2,1H3.